The van der Waals surface area contributed by atoms with Crippen molar-refractivity contribution in [2.24, 2.45) is 0 Å². The normalized spacial score (nSPS) is 10.5. The van der Waals surface area contributed by atoms with Crippen LogP contribution in [0.5, 0.6) is 5.75 Å². The van der Waals surface area contributed by atoms with E-state index in [1.807, 2.05) is 33.2 Å². The van der Waals surface area contributed by atoms with Crippen LogP contribution in [0.3, 0.4) is 0 Å². The summed E-state index contributed by atoms with van der Waals surface area (Å²) in [5.41, 5.74) is 0.942. The van der Waals surface area contributed by atoms with Crippen molar-refractivity contribution in [2.45, 2.75) is 13.3 Å². The summed E-state index contributed by atoms with van der Waals surface area (Å²) in [7, 11) is 3.96. The van der Waals surface area contributed by atoms with Crippen LogP contribution in [0.1, 0.15) is 34.3 Å². The van der Waals surface area contributed by atoms with Crippen molar-refractivity contribution in [3.05, 3.63) is 53.9 Å². The van der Waals surface area contributed by atoms with Gasteiger partial charge in [-0.1, -0.05) is 18.2 Å². The molecule has 0 bridgehead atoms. The van der Waals surface area contributed by atoms with Crippen LogP contribution in [-0.4, -0.2) is 55.5 Å². The monoisotopic (exact) mass is 370 g/mol. The zero-order chi connectivity index (χ0) is 19.6. The van der Waals surface area contributed by atoms with Gasteiger partial charge in [0.2, 0.25) is 0 Å². The van der Waals surface area contributed by atoms with Gasteiger partial charge in [0.05, 0.1) is 12.3 Å². The predicted octanol–water partition coefficient (Wildman–Crippen LogP) is 2.41. The van der Waals surface area contributed by atoms with E-state index in [2.05, 4.69) is 20.5 Å². The lowest BCUT2D eigenvalue weighted by molar-refractivity contribution is 0.0947. The maximum Gasteiger partial charge on any atom is 0.274 e. The second kappa shape index (κ2) is 10.3. The number of carbonyl (C=O) groups is 2. The van der Waals surface area contributed by atoms with E-state index >= 15 is 0 Å². The van der Waals surface area contributed by atoms with Crippen molar-refractivity contribution in [3.8, 4) is 5.75 Å². The molecule has 1 aromatic heterocycles. The van der Waals surface area contributed by atoms with Gasteiger partial charge in [-0.3, -0.25) is 9.59 Å². The van der Waals surface area contributed by atoms with E-state index in [-0.39, 0.29) is 17.3 Å². The van der Waals surface area contributed by atoms with Crippen LogP contribution in [0.25, 0.3) is 0 Å². The summed E-state index contributed by atoms with van der Waals surface area (Å²) in [6.45, 7) is 3.81. The van der Waals surface area contributed by atoms with E-state index in [1.54, 1.807) is 30.3 Å². The molecule has 0 saturated heterocycles. The fourth-order valence-corrected chi connectivity index (χ4v) is 2.41. The van der Waals surface area contributed by atoms with Crippen LogP contribution in [-0.2, 0) is 0 Å². The first-order chi connectivity index (χ1) is 13.0. The van der Waals surface area contributed by atoms with Gasteiger partial charge in [0.1, 0.15) is 17.1 Å². The fraction of sp³-hybridized carbons (Fsp3) is 0.350. The third kappa shape index (κ3) is 6.38. The van der Waals surface area contributed by atoms with Gasteiger partial charge in [0, 0.05) is 6.54 Å². The molecule has 0 aliphatic carbocycles. The van der Waals surface area contributed by atoms with E-state index in [0.717, 1.165) is 13.0 Å². The Balaban J connectivity index is 2.02. The summed E-state index contributed by atoms with van der Waals surface area (Å²) in [5.74, 6) is -0.106. The molecule has 2 N–H and O–H groups in total. The van der Waals surface area contributed by atoms with Crippen LogP contribution >= 0.6 is 0 Å². The number of nitrogens with one attached hydrogen (secondary N) is 2. The zero-order valence-corrected chi connectivity index (χ0v) is 16.0. The minimum atomic E-state index is -0.399. The number of nitrogens with zero attached hydrogens (tertiary/aromatic N) is 2. The third-order valence-electron chi connectivity index (χ3n) is 3.72. The molecule has 0 aliphatic rings. The van der Waals surface area contributed by atoms with Crippen molar-refractivity contribution in [2.75, 3.05) is 39.1 Å². The SMILES string of the molecule is CCOc1ccccc1NC(=O)c1cccc(C(=O)NCCCN(C)C)n1. The average Bonchev–Trinajstić information content (AvgIpc) is 2.66. The Morgan fingerprint density at radius 1 is 1.04 bits per heavy atom. The molecule has 7 heteroatoms. The second-order valence-electron chi connectivity index (χ2n) is 6.20. The second-order valence-corrected chi connectivity index (χ2v) is 6.20. The molecular formula is C20H26N4O3. The van der Waals surface area contributed by atoms with E-state index in [0.29, 0.717) is 24.6 Å². The standard InChI is InChI=1S/C20H26N4O3/c1-4-27-18-12-6-5-9-15(18)23-20(26)17-11-7-10-16(22-17)19(25)21-13-8-14-24(2)3/h5-7,9-12H,4,8,13-14H2,1-3H3,(H,21,25)(H,23,26). The van der Waals surface area contributed by atoms with Crippen LogP contribution in [0, 0.1) is 0 Å². The first-order valence-electron chi connectivity index (χ1n) is 8.94. The minimum Gasteiger partial charge on any atom is -0.492 e. The Morgan fingerprint density at radius 2 is 1.74 bits per heavy atom. The van der Waals surface area contributed by atoms with Gasteiger partial charge in [0.15, 0.2) is 0 Å². The number of amides is 2. The largest absolute Gasteiger partial charge is 0.492 e. The molecule has 1 aromatic carbocycles. The molecule has 2 amide bonds. The number of pyridine rings is 1. The highest BCUT2D eigenvalue weighted by molar-refractivity contribution is 6.04. The van der Waals surface area contributed by atoms with E-state index < -0.39 is 5.91 Å². The molecule has 7 nitrogen and oxygen atoms in total. The van der Waals surface area contributed by atoms with E-state index in [1.165, 1.54) is 0 Å². The van der Waals surface area contributed by atoms with Gasteiger partial charge >= 0.3 is 0 Å². The van der Waals surface area contributed by atoms with Gasteiger partial charge in [-0.15, -0.1) is 0 Å². The molecule has 2 aromatic rings. The first kappa shape index (κ1) is 20.4. The van der Waals surface area contributed by atoms with E-state index in [4.69, 9.17) is 4.74 Å². The van der Waals surface area contributed by atoms with Gasteiger partial charge in [-0.05, 0) is 58.3 Å². The quantitative estimate of drug-likeness (QED) is 0.663. The van der Waals surface area contributed by atoms with Gasteiger partial charge in [-0.25, -0.2) is 4.98 Å². The van der Waals surface area contributed by atoms with Crippen molar-refractivity contribution in [3.63, 3.8) is 0 Å². The number of aromatic nitrogens is 1. The summed E-state index contributed by atoms with van der Waals surface area (Å²) in [6.07, 6.45) is 0.840. The first-order valence-corrected chi connectivity index (χ1v) is 8.94. The molecular weight excluding hydrogens is 344 g/mol. The van der Waals surface area contributed by atoms with Crippen molar-refractivity contribution >= 4 is 17.5 Å². The molecule has 0 saturated carbocycles. The summed E-state index contributed by atoms with van der Waals surface area (Å²) >= 11 is 0. The summed E-state index contributed by atoms with van der Waals surface area (Å²) < 4.78 is 5.50. The molecule has 0 unspecified atom stereocenters. The van der Waals surface area contributed by atoms with Crippen molar-refractivity contribution in [1.29, 1.82) is 0 Å². The van der Waals surface area contributed by atoms with Crippen LogP contribution < -0.4 is 15.4 Å². The maximum absolute atomic E-state index is 12.5. The molecule has 0 atom stereocenters. The highest BCUT2D eigenvalue weighted by Crippen LogP contribution is 2.24. The topological polar surface area (TPSA) is 83.6 Å². The van der Waals surface area contributed by atoms with Crippen LogP contribution in [0.4, 0.5) is 5.69 Å². The number of benzene rings is 1. The number of rotatable bonds is 9. The third-order valence-corrected chi connectivity index (χ3v) is 3.72. The number of carbonyl (C=O) groups excluding carboxylic acids is 2. The predicted molar refractivity (Wildman–Crippen MR) is 105 cm³/mol. The molecule has 144 valence electrons. The number of hydrogen-bond donors (Lipinski definition) is 2. The zero-order valence-electron chi connectivity index (χ0n) is 16.0. The van der Waals surface area contributed by atoms with Crippen molar-refractivity contribution in [1.82, 2.24) is 15.2 Å². The fourth-order valence-electron chi connectivity index (χ4n) is 2.41. The Kier molecular flexibility index (Phi) is 7.76. The van der Waals surface area contributed by atoms with Gasteiger partial charge in [0.25, 0.3) is 11.8 Å². The number of anilines is 1. The molecule has 0 aliphatic heterocycles. The summed E-state index contributed by atoms with van der Waals surface area (Å²) in [6, 6.07) is 12.0. The van der Waals surface area contributed by atoms with E-state index in [9.17, 15) is 9.59 Å². The number of hydrogen-bond acceptors (Lipinski definition) is 5. The summed E-state index contributed by atoms with van der Waals surface area (Å²) in [5, 5.41) is 5.60. The lowest BCUT2D eigenvalue weighted by Crippen LogP contribution is -2.28. The average molecular weight is 370 g/mol. The lowest BCUT2D eigenvalue weighted by atomic mass is 10.2. The highest BCUT2D eigenvalue weighted by Gasteiger charge is 2.14. The molecule has 2 rings (SSSR count). The van der Waals surface area contributed by atoms with Gasteiger partial charge in [-0.2, -0.15) is 0 Å². The molecule has 0 spiro atoms. The number of ether oxygens (including phenoxy) is 1. The Hall–Kier alpha value is -2.93. The maximum atomic E-state index is 12.5. The Labute approximate surface area is 159 Å². The molecule has 1 heterocycles. The number of para-hydroxylation sites is 2. The smallest absolute Gasteiger partial charge is 0.274 e. The van der Waals surface area contributed by atoms with Crippen LogP contribution in [0.2, 0.25) is 0 Å². The Bertz CT molecular complexity index is 777. The van der Waals surface area contributed by atoms with Crippen molar-refractivity contribution < 1.29 is 14.3 Å². The minimum absolute atomic E-state index is 0.169. The van der Waals surface area contributed by atoms with Gasteiger partial charge < -0.3 is 20.3 Å². The lowest BCUT2D eigenvalue weighted by Gasteiger charge is -2.11. The summed E-state index contributed by atoms with van der Waals surface area (Å²) in [4.78, 5) is 31.0. The van der Waals surface area contributed by atoms with Crippen LogP contribution in [0.15, 0.2) is 42.5 Å². The highest BCUT2D eigenvalue weighted by atomic mass is 16.5. The molecule has 0 fully saturated rings. The molecule has 27 heavy (non-hydrogen) atoms. The Morgan fingerprint density at radius 3 is 2.44 bits per heavy atom. The molecule has 0 radical (unpaired) electrons.